The number of sulfonamides is 1. The molecule has 170 valence electrons. The zero-order valence-electron chi connectivity index (χ0n) is 18.0. The van der Waals surface area contributed by atoms with Crippen molar-refractivity contribution in [3.05, 3.63) is 38.4 Å². The normalized spacial score (nSPS) is 18.6. The van der Waals surface area contributed by atoms with Crippen molar-refractivity contribution in [2.75, 3.05) is 26.3 Å². The maximum absolute atomic E-state index is 13.0. The Morgan fingerprint density at radius 1 is 1.26 bits per heavy atom. The lowest BCUT2D eigenvalue weighted by molar-refractivity contribution is -0.114. The summed E-state index contributed by atoms with van der Waals surface area (Å²) in [7, 11) is -2.12. The summed E-state index contributed by atoms with van der Waals surface area (Å²) in [6.45, 7) is 7.08. The first-order valence-corrected chi connectivity index (χ1v) is 12.0. The second kappa shape index (κ2) is 8.77. The molecule has 0 saturated carbocycles. The highest BCUT2D eigenvalue weighted by atomic mass is 32.3. The van der Waals surface area contributed by atoms with Crippen LogP contribution in [0.4, 0.5) is 0 Å². The van der Waals surface area contributed by atoms with Crippen LogP contribution in [0.25, 0.3) is 0 Å². The number of nitrogens with one attached hydrogen (secondary N) is 1. The Hall–Kier alpha value is -2.15. The number of thioether (sulfide) groups is 1. The topological polar surface area (TPSA) is 137 Å². The van der Waals surface area contributed by atoms with Crippen LogP contribution >= 0.6 is 11.8 Å². The third-order valence-electron chi connectivity index (χ3n) is 4.92. The Kier molecular flexibility index (Phi) is 6.65. The molecule has 2 aliphatic rings. The molecule has 3 rings (SSSR count). The number of nitrogens with two attached hydrogens (primary N) is 1. The van der Waals surface area contributed by atoms with E-state index < -0.39 is 21.8 Å². The molecule has 0 aromatic carbocycles. The lowest BCUT2D eigenvalue weighted by Gasteiger charge is -2.28. The van der Waals surface area contributed by atoms with E-state index in [0.29, 0.717) is 13.2 Å². The largest absolute Gasteiger partial charge is 0.379 e. The molecule has 2 aliphatic heterocycles. The van der Waals surface area contributed by atoms with Crippen molar-refractivity contribution in [3.63, 3.8) is 0 Å². The van der Waals surface area contributed by atoms with Crippen LogP contribution in [0, 0.1) is 0 Å². The van der Waals surface area contributed by atoms with E-state index in [-0.39, 0.29) is 45.5 Å². The van der Waals surface area contributed by atoms with Crippen molar-refractivity contribution in [2.45, 2.75) is 32.6 Å². The lowest BCUT2D eigenvalue weighted by Crippen LogP contribution is -2.41. The van der Waals surface area contributed by atoms with Crippen LogP contribution in [0.3, 0.4) is 0 Å². The zero-order chi connectivity index (χ0) is 23.0. The van der Waals surface area contributed by atoms with Crippen LogP contribution in [0.5, 0.6) is 0 Å². The molecule has 12 heteroatoms. The number of carbonyl (C=O) groups excluding carboxylic acids is 2. The Balaban J connectivity index is 1.85. The number of carbonyl (C=O) groups is 2. The molecule has 0 aliphatic carbocycles. The number of ether oxygens (including phenoxy) is 1. The van der Waals surface area contributed by atoms with Gasteiger partial charge in [-0.1, -0.05) is 38.6 Å². The fourth-order valence-corrected chi connectivity index (χ4v) is 6.07. The van der Waals surface area contributed by atoms with Gasteiger partial charge in [0.05, 0.1) is 29.5 Å². The van der Waals surface area contributed by atoms with Gasteiger partial charge in [-0.15, -0.1) is 0 Å². The summed E-state index contributed by atoms with van der Waals surface area (Å²) in [6.07, 6.45) is 1.46. The molecule has 3 N–H and O–H groups in total. The minimum absolute atomic E-state index is 0.00940. The Bertz CT molecular complexity index is 1060. The van der Waals surface area contributed by atoms with Gasteiger partial charge in [0.25, 0.3) is 5.91 Å². The van der Waals surface area contributed by atoms with Crippen molar-refractivity contribution in [3.8, 4) is 0 Å². The number of aromatic nitrogens is 2. The summed E-state index contributed by atoms with van der Waals surface area (Å²) in [5.41, 5.74) is 6.39. The fourth-order valence-electron chi connectivity index (χ4n) is 3.08. The number of hydrogen-bond donors (Lipinski definition) is 2. The van der Waals surface area contributed by atoms with Crippen LogP contribution in [0.2, 0.25) is 0 Å². The molecule has 10 nitrogen and oxygen atoms in total. The number of primary amides is 1. The van der Waals surface area contributed by atoms with Crippen LogP contribution in [0.1, 0.15) is 43.4 Å². The SMILES string of the molecule is Cn1nc(C(C)(C)C)cc1C(=O)NC1=C(C(N)=O)CC=C(S(=O)(=O)N2CCOCC2)S1. The lowest BCUT2D eigenvalue weighted by atomic mass is 9.92. The highest BCUT2D eigenvalue weighted by Gasteiger charge is 2.33. The predicted octanol–water partition coefficient (Wildman–Crippen LogP) is 0.785. The van der Waals surface area contributed by atoms with Crippen LogP contribution in [-0.4, -0.2) is 60.6 Å². The Morgan fingerprint density at radius 2 is 1.90 bits per heavy atom. The highest BCUT2D eigenvalue weighted by Crippen LogP contribution is 2.38. The second-order valence-electron chi connectivity index (χ2n) is 8.26. The molecular weight excluding hydrogens is 442 g/mol. The minimum atomic E-state index is -3.77. The van der Waals surface area contributed by atoms with Crippen LogP contribution < -0.4 is 11.1 Å². The molecule has 1 aromatic heterocycles. The number of amides is 2. The van der Waals surface area contributed by atoms with Gasteiger partial charge >= 0.3 is 0 Å². The highest BCUT2D eigenvalue weighted by molar-refractivity contribution is 8.20. The summed E-state index contributed by atoms with van der Waals surface area (Å²) in [5.74, 6) is -1.22. The standard InChI is InChI=1S/C19H27N5O5S2/c1-19(2,3)14-11-13(23(4)22-14)17(26)21-18-12(16(20)25)5-6-15(30-18)31(27,28)24-7-9-29-10-8-24/h6,11H,5,7-10H2,1-4H3,(H2,20,25)(H,21,26). The van der Waals surface area contributed by atoms with Crippen molar-refractivity contribution in [2.24, 2.45) is 12.8 Å². The molecule has 0 atom stereocenters. The van der Waals surface area contributed by atoms with Crippen molar-refractivity contribution >= 4 is 33.6 Å². The van der Waals surface area contributed by atoms with Gasteiger partial charge in [0.15, 0.2) is 0 Å². The Labute approximate surface area is 185 Å². The number of allylic oxidation sites excluding steroid dienone is 1. The molecule has 0 spiro atoms. The number of aryl methyl sites for hydroxylation is 1. The quantitative estimate of drug-likeness (QED) is 0.650. The van der Waals surface area contributed by atoms with Gasteiger partial charge in [-0.3, -0.25) is 14.3 Å². The molecule has 1 saturated heterocycles. The second-order valence-corrected chi connectivity index (χ2v) is 11.5. The smallest absolute Gasteiger partial charge is 0.274 e. The van der Waals surface area contributed by atoms with E-state index in [1.807, 2.05) is 20.8 Å². The van der Waals surface area contributed by atoms with Gasteiger partial charge < -0.3 is 15.8 Å². The summed E-state index contributed by atoms with van der Waals surface area (Å²) >= 11 is 0.818. The predicted molar refractivity (Wildman–Crippen MR) is 117 cm³/mol. The fraction of sp³-hybridized carbons (Fsp3) is 0.526. The molecule has 1 fully saturated rings. The minimum Gasteiger partial charge on any atom is -0.379 e. The molecule has 31 heavy (non-hydrogen) atoms. The first kappa shape index (κ1) is 23.5. The van der Waals surface area contributed by atoms with Gasteiger partial charge in [-0.05, 0) is 6.07 Å². The summed E-state index contributed by atoms with van der Waals surface area (Å²) in [5, 5.41) is 7.17. The molecule has 0 bridgehead atoms. The van der Waals surface area contributed by atoms with Crippen LogP contribution in [0.15, 0.2) is 27.0 Å². The first-order valence-electron chi connectivity index (χ1n) is 9.76. The number of hydrogen-bond acceptors (Lipinski definition) is 7. The van der Waals surface area contributed by atoms with E-state index in [0.717, 1.165) is 17.5 Å². The third-order valence-corrected chi connectivity index (χ3v) is 8.44. The van der Waals surface area contributed by atoms with Crippen molar-refractivity contribution in [1.29, 1.82) is 0 Å². The van der Waals surface area contributed by atoms with Crippen molar-refractivity contribution in [1.82, 2.24) is 19.4 Å². The maximum atomic E-state index is 13.0. The molecule has 3 heterocycles. The molecule has 0 unspecified atom stereocenters. The van der Waals surface area contributed by atoms with E-state index in [1.54, 1.807) is 13.1 Å². The van der Waals surface area contributed by atoms with Gasteiger partial charge in [0, 0.05) is 32.0 Å². The number of morpholine rings is 1. The number of nitrogens with zero attached hydrogens (tertiary/aromatic N) is 3. The molecule has 2 amide bonds. The van der Waals surface area contributed by atoms with E-state index >= 15 is 0 Å². The monoisotopic (exact) mass is 469 g/mol. The molecule has 0 radical (unpaired) electrons. The zero-order valence-corrected chi connectivity index (χ0v) is 19.6. The maximum Gasteiger partial charge on any atom is 0.274 e. The van der Waals surface area contributed by atoms with Crippen LogP contribution in [-0.2, 0) is 32.0 Å². The average molecular weight is 470 g/mol. The van der Waals surface area contributed by atoms with Crippen molar-refractivity contribution < 1.29 is 22.7 Å². The van der Waals surface area contributed by atoms with Gasteiger partial charge in [0.1, 0.15) is 9.93 Å². The Morgan fingerprint density at radius 3 is 2.45 bits per heavy atom. The summed E-state index contributed by atoms with van der Waals surface area (Å²) in [6, 6.07) is 1.68. The third kappa shape index (κ3) is 5.03. The van der Waals surface area contributed by atoms with E-state index in [4.69, 9.17) is 10.5 Å². The van der Waals surface area contributed by atoms with Gasteiger partial charge in [0.2, 0.25) is 15.9 Å². The molecule has 1 aromatic rings. The van der Waals surface area contributed by atoms with E-state index in [9.17, 15) is 18.0 Å². The summed E-state index contributed by atoms with van der Waals surface area (Å²) < 4.78 is 34.1. The van der Waals surface area contributed by atoms with E-state index in [1.165, 1.54) is 15.1 Å². The van der Waals surface area contributed by atoms with Gasteiger partial charge in [-0.25, -0.2) is 8.42 Å². The average Bonchev–Trinajstić information content (AvgIpc) is 3.10. The van der Waals surface area contributed by atoms with E-state index in [2.05, 4.69) is 10.4 Å². The number of rotatable bonds is 5. The summed E-state index contributed by atoms with van der Waals surface area (Å²) in [4.78, 5) is 24.9. The van der Waals surface area contributed by atoms with Gasteiger partial charge in [-0.2, -0.15) is 9.40 Å². The first-order chi connectivity index (χ1) is 14.4. The molecular formula is C19H27N5O5S2.